The fourth-order valence-electron chi connectivity index (χ4n) is 8.14. The topological polar surface area (TPSA) is 98.7 Å². The van der Waals surface area contributed by atoms with E-state index in [0.29, 0.717) is 28.2 Å². The summed E-state index contributed by atoms with van der Waals surface area (Å²) in [6, 6.07) is 49.8. The fourth-order valence-corrected chi connectivity index (χ4v) is 8.14. The summed E-state index contributed by atoms with van der Waals surface area (Å²) in [6.45, 7) is 8.23. The van der Waals surface area contributed by atoms with Gasteiger partial charge in [0.15, 0.2) is 0 Å². The van der Waals surface area contributed by atoms with Crippen molar-refractivity contribution in [2.45, 2.75) is 0 Å². The Bertz CT molecular complexity index is 3350. The van der Waals surface area contributed by atoms with Crippen LogP contribution in [0.2, 0.25) is 0 Å². The van der Waals surface area contributed by atoms with E-state index in [2.05, 4.69) is 39.8 Å². The monoisotopic (exact) mass is 674 g/mol. The van der Waals surface area contributed by atoms with Gasteiger partial charge in [-0.25, -0.2) is 4.85 Å². The van der Waals surface area contributed by atoms with Crippen LogP contribution in [0.5, 0.6) is 0 Å². The van der Waals surface area contributed by atoms with E-state index in [1.807, 2.05) is 102 Å². The Morgan fingerprint density at radius 2 is 1.13 bits per heavy atom. The quantitative estimate of drug-likeness (QED) is 0.174. The van der Waals surface area contributed by atoms with Crippen molar-refractivity contribution in [3.8, 4) is 40.7 Å². The Kier molecular flexibility index (Phi) is 6.30. The Hall–Kier alpha value is -8.10. The summed E-state index contributed by atoms with van der Waals surface area (Å²) in [5.74, 6) is 0. The third kappa shape index (κ3) is 4.05. The molecule has 0 bridgehead atoms. The minimum absolute atomic E-state index is 0.259. The molecule has 3 heterocycles. The van der Waals surface area contributed by atoms with E-state index in [9.17, 15) is 15.8 Å². The first-order valence-corrected chi connectivity index (χ1v) is 16.9. The van der Waals surface area contributed by atoms with Gasteiger partial charge in [0.2, 0.25) is 5.69 Å². The van der Waals surface area contributed by atoms with E-state index in [4.69, 9.17) is 11.0 Å². The van der Waals surface area contributed by atoms with Crippen molar-refractivity contribution >= 4 is 71.2 Å². The molecule has 10 rings (SSSR count). The van der Waals surface area contributed by atoms with Crippen LogP contribution in [0.3, 0.4) is 0 Å². The molecule has 10 aromatic rings. The highest BCUT2D eigenvalue weighted by molar-refractivity contribution is 6.27. The van der Waals surface area contributed by atoms with E-state index >= 15 is 0 Å². The van der Waals surface area contributed by atoms with Crippen LogP contribution in [0.1, 0.15) is 16.7 Å². The molecule has 3 aromatic heterocycles. The van der Waals surface area contributed by atoms with Crippen LogP contribution in [0.25, 0.3) is 92.9 Å². The van der Waals surface area contributed by atoms with E-state index < -0.39 is 0 Å². The molecule has 0 aliphatic carbocycles. The predicted octanol–water partition coefficient (Wildman–Crippen LogP) is 11.6. The standard InChI is InChI=1S/C46H22N6O/c1-50-36-19-18-29(35(26-49)46(36)51-37-14-6-2-10-30(37)31-11-3-7-15-38(31)51)34-23-27(24-47)22-28(25-48)45(34)52-39-16-8-4-12-32(39)43-40(52)20-21-42-44(43)33-13-5-9-17-41(33)53-42/h2-23H. The normalized spacial score (nSPS) is 11.3. The summed E-state index contributed by atoms with van der Waals surface area (Å²) in [5, 5.41) is 38.0. The van der Waals surface area contributed by atoms with Crippen molar-refractivity contribution in [3.05, 3.63) is 162 Å². The summed E-state index contributed by atoms with van der Waals surface area (Å²) < 4.78 is 10.3. The van der Waals surface area contributed by atoms with Crippen molar-refractivity contribution < 1.29 is 4.42 Å². The van der Waals surface area contributed by atoms with Gasteiger partial charge >= 0.3 is 0 Å². The van der Waals surface area contributed by atoms with Gasteiger partial charge in [-0.2, -0.15) is 15.8 Å². The Morgan fingerprint density at radius 3 is 1.79 bits per heavy atom. The van der Waals surface area contributed by atoms with Gasteiger partial charge in [-0.05, 0) is 48.5 Å². The molecule has 0 amide bonds. The summed E-state index contributed by atoms with van der Waals surface area (Å²) >= 11 is 0. The van der Waals surface area contributed by atoms with Gasteiger partial charge in [0.05, 0.1) is 62.8 Å². The average molecular weight is 675 g/mol. The van der Waals surface area contributed by atoms with E-state index in [1.165, 1.54) is 0 Å². The van der Waals surface area contributed by atoms with Gasteiger partial charge in [-0.1, -0.05) is 84.9 Å². The van der Waals surface area contributed by atoms with Gasteiger partial charge in [-0.15, -0.1) is 0 Å². The highest BCUT2D eigenvalue weighted by Crippen LogP contribution is 2.46. The van der Waals surface area contributed by atoms with Gasteiger partial charge in [0.1, 0.15) is 23.3 Å². The number of nitriles is 3. The Balaban J connectivity index is 1.37. The first kappa shape index (κ1) is 29.8. The molecule has 53 heavy (non-hydrogen) atoms. The zero-order chi connectivity index (χ0) is 35.8. The lowest BCUT2D eigenvalue weighted by Gasteiger charge is -2.20. The largest absolute Gasteiger partial charge is 0.456 e. The van der Waals surface area contributed by atoms with Gasteiger partial charge in [0.25, 0.3) is 0 Å². The highest BCUT2D eigenvalue weighted by atomic mass is 16.3. The lowest BCUT2D eigenvalue weighted by atomic mass is 9.92. The number of rotatable bonds is 3. The molecule has 0 radical (unpaired) electrons. The maximum Gasteiger partial charge on any atom is 0.211 e. The van der Waals surface area contributed by atoms with Gasteiger partial charge < -0.3 is 13.6 Å². The zero-order valence-corrected chi connectivity index (χ0v) is 27.8. The molecule has 0 saturated carbocycles. The predicted molar refractivity (Wildman–Crippen MR) is 208 cm³/mol. The number of aromatic nitrogens is 2. The molecule has 242 valence electrons. The lowest BCUT2D eigenvalue weighted by molar-refractivity contribution is 0.669. The summed E-state index contributed by atoms with van der Waals surface area (Å²) in [5.41, 5.74) is 8.04. The van der Waals surface area contributed by atoms with E-state index in [-0.39, 0.29) is 16.7 Å². The number of hydrogen-bond donors (Lipinski definition) is 0. The molecule has 7 aromatic carbocycles. The molecule has 0 fully saturated rings. The van der Waals surface area contributed by atoms with E-state index in [0.717, 1.165) is 65.6 Å². The first-order valence-electron chi connectivity index (χ1n) is 16.9. The summed E-state index contributed by atoms with van der Waals surface area (Å²) in [4.78, 5) is 3.91. The van der Waals surface area contributed by atoms with Crippen LogP contribution >= 0.6 is 0 Å². The van der Waals surface area contributed by atoms with Gasteiger partial charge in [-0.3, -0.25) is 0 Å². The zero-order valence-electron chi connectivity index (χ0n) is 27.8. The summed E-state index contributed by atoms with van der Waals surface area (Å²) in [6.07, 6.45) is 0. The van der Waals surface area contributed by atoms with Crippen LogP contribution in [0.15, 0.2) is 138 Å². The molecular weight excluding hydrogens is 653 g/mol. The Labute approximate surface area is 302 Å². The second kappa shape index (κ2) is 11.2. The average Bonchev–Trinajstić information content (AvgIpc) is 3.87. The van der Waals surface area contributed by atoms with E-state index in [1.54, 1.807) is 24.3 Å². The third-order valence-corrected chi connectivity index (χ3v) is 10.2. The SMILES string of the molecule is [C-]#[N+]c1ccc(-c2cc(C#N)cc(C#N)c2-n2c3ccccc3c3c4c(ccc32)oc2ccccc24)c(C#N)c1-n1c2ccccc2c2ccccc21. The number of nitrogens with zero attached hydrogens (tertiary/aromatic N) is 6. The van der Waals surface area contributed by atoms with Crippen LogP contribution < -0.4 is 0 Å². The van der Waals surface area contributed by atoms with Gasteiger partial charge in [0, 0.05) is 43.4 Å². The molecule has 7 nitrogen and oxygen atoms in total. The lowest BCUT2D eigenvalue weighted by Crippen LogP contribution is -2.05. The molecule has 0 aliphatic rings. The minimum Gasteiger partial charge on any atom is -0.456 e. The van der Waals surface area contributed by atoms with Crippen molar-refractivity contribution in [2.24, 2.45) is 0 Å². The number of benzene rings is 7. The molecule has 0 unspecified atom stereocenters. The smallest absolute Gasteiger partial charge is 0.211 e. The number of para-hydroxylation sites is 4. The molecule has 0 saturated heterocycles. The Morgan fingerprint density at radius 1 is 0.509 bits per heavy atom. The van der Waals surface area contributed by atoms with Crippen LogP contribution in [-0.2, 0) is 0 Å². The molecule has 0 aliphatic heterocycles. The van der Waals surface area contributed by atoms with Crippen LogP contribution in [0, 0.1) is 40.6 Å². The second-order valence-corrected chi connectivity index (χ2v) is 12.9. The number of fused-ring (bicyclic) bond motifs is 10. The van der Waals surface area contributed by atoms with Crippen LogP contribution in [0.4, 0.5) is 5.69 Å². The summed E-state index contributed by atoms with van der Waals surface area (Å²) in [7, 11) is 0. The minimum atomic E-state index is 0.259. The maximum absolute atomic E-state index is 11.1. The second-order valence-electron chi connectivity index (χ2n) is 12.9. The maximum atomic E-state index is 11.1. The number of hydrogen-bond acceptors (Lipinski definition) is 4. The fraction of sp³-hybridized carbons (Fsp3) is 0. The third-order valence-electron chi connectivity index (χ3n) is 10.2. The number of furan rings is 1. The molecule has 0 N–H and O–H groups in total. The van der Waals surface area contributed by atoms with Crippen molar-refractivity contribution in [1.29, 1.82) is 15.8 Å². The van der Waals surface area contributed by atoms with Crippen molar-refractivity contribution in [1.82, 2.24) is 9.13 Å². The molecule has 0 atom stereocenters. The molecular formula is C46H22N6O. The van der Waals surface area contributed by atoms with Crippen LogP contribution in [-0.4, -0.2) is 9.13 Å². The molecule has 0 spiro atoms. The van der Waals surface area contributed by atoms with Crippen molar-refractivity contribution in [2.75, 3.05) is 0 Å². The first-order chi connectivity index (χ1) is 26.1. The van der Waals surface area contributed by atoms with Crippen molar-refractivity contribution in [3.63, 3.8) is 0 Å². The molecule has 7 heteroatoms. The highest BCUT2D eigenvalue weighted by Gasteiger charge is 2.27.